The first kappa shape index (κ1) is 14.2. The van der Waals surface area contributed by atoms with Crippen LogP contribution in [0.3, 0.4) is 0 Å². The summed E-state index contributed by atoms with van der Waals surface area (Å²) in [6, 6.07) is 10.5. The molecule has 0 unspecified atom stereocenters. The maximum atomic E-state index is 11.3. The fourth-order valence-electron chi connectivity index (χ4n) is 1.51. The molecule has 2 aromatic carbocycles. The Bertz CT molecular complexity index is 649. The predicted molar refractivity (Wildman–Crippen MR) is 81.1 cm³/mol. The van der Waals surface area contributed by atoms with Crippen LogP contribution in [-0.2, 0) is 0 Å². The minimum Gasteiger partial charge on any atom is -0.478 e. The highest BCUT2D eigenvalue weighted by Gasteiger charge is 2.16. The summed E-state index contributed by atoms with van der Waals surface area (Å²) in [4.78, 5) is 12.6. The van der Waals surface area contributed by atoms with Gasteiger partial charge in [-0.3, -0.25) is 0 Å². The summed E-state index contributed by atoms with van der Waals surface area (Å²) in [6.45, 7) is 0. The lowest BCUT2D eigenvalue weighted by molar-refractivity contribution is 0.0693. The molecule has 0 aliphatic rings. The number of rotatable bonds is 3. The van der Waals surface area contributed by atoms with Crippen molar-refractivity contribution in [3.8, 4) is 0 Å². The summed E-state index contributed by atoms with van der Waals surface area (Å²) in [5.74, 6) is -1.05. The number of carboxylic acids is 1. The van der Waals surface area contributed by atoms with Gasteiger partial charge in [0.1, 0.15) is 0 Å². The first-order valence-electron chi connectivity index (χ1n) is 5.23. The van der Waals surface area contributed by atoms with E-state index < -0.39 is 5.97 Å². The standard InChI is InChI=1S/C13H9BrClNO2S/c14-9-3-1-2-4-11(9)19-12-8(13(17)18)5-7(16)6-10(12)15/h1-6H,16H2,(H,17,18). The highest BCUT2D eigenvalue weighted by molar-refractivity contribution is 9.10. The number of hydrogen-bond donors (Lipinski definition) is 2. The Morgan fingerprint density at radius 3 is 2.63 bits per heavy atom. The van der Waals surface area contributed by atoms with Gasteiger partial charge in [0.25, 0.3) is 0 Å². The van der Waals surface area contributed by atoms with Crippen molar-refractivity contribution < 1.29 is 9.90 Å². The molecule has 2 aromatic rings. The second kappa shape index (κ2) is 5.86. The Kier molecular flexibility index (Phi) is 4.39. The fourth-order valence-corrected chi connectivity index (χ4v) is 3.33. The molecule has 0 amide bonds. The van der Waals surface area contributed by atoms with E-state index in [0.717, 1.165) is 9.37 Å². The molecular formula is C13H9BrClNO2S. The lowest BCUT2D eigenvalue weighted by atomic mass is 10.2. The lowest BCUT2D eigenvalue weighted by Crippen LogP contribution is -2.01. The average molecular weight is 359 g/mol. The monoisotopic (exact) mass is 357 g/mol. The molecule has 98 valence electrons. The molecule has 6 heteroatoms. The van der Waals surface area contributed by atoms with Crippen LogP contribution in [-0.4, -0.2) is 11.1 Å². The maximum Gasteiger partial charge on any atom is 0.336 e. The number of nitrogens with two attached hydrogens (primary N) is 1. The minimum atomic E-state index is -1.05. The molecule has 0 fully saturated rings. The van der Waals surface area contributed by atoms with Gasteiger partial charge in [0.2, 0.25) is 0 Å². The van der Waals surface area contributed by atoms with Crippen LogP contribution in [0.15, 0.2) is 50.7 Å². The van der Waals surface area contributed by atoms with Crippen molar-refractivity contribution >= 4 is 50.9 Å². The smallest absolute Gasteiger partial charge is 0.336 e. The zero-order chi connectivity index (χ0) is 14.0. The predicted octanol–water partition coefficient (Wildman–Crippen LogP) is 4.53. The molecule has 0 saturated heterocycles. The van der Waals surface area contributed by atoms with Crippen LogP contribution in [0.2, 0.25) is 5.02 Å². The van der Waals surface area contributed by atoms with Crippen molar-refractivity contribution in [2.45, 2.75) is 9.79 Å². The van der Waals surface area contributed by atoms with Crippen molar-refractivity contribution in [3.63, 3.8) is 0 Å². The maximum absolute atomic E-state index is 11.3. The summed E-state index contributed by atoms with van der Waals surface area (Å²) in [6.07, 6.45) is 0. The molecular weight excluding hydrogens is 350 g/mol. The Balaban J connectivity index is 2.51. The van der Waals surface area contributed by atoms with Crippen molar-refractivity contribution in [3.05, 3.63) is 51.5 Å². The largest absolute Gasteiger partial charge is 0.478 e. The summed E-state index contributed by atoms with van der Waals surface area (Å²) >= 11 is 10.8. The number of anilines is 1. The van der Waals surface area contributed by atoms with E-state index in [-0.39, 0.29) is 5.56 Å². The van der Waals surface area contributed by atoms with E-state index in [4.69, 9.17) is 17.3 Å². The Hall–Kier alpha value is -1.17. The molecule has 0 aromatic heterocycles. The molecule has 0 aliphatic heterocycles. The molecule has 2 rings (SSSR count). The van der Waals surface area contributed by atoms with E-state index in [1.54, 1.807) is 6.07 Å². The quantitative estimate of drug-likeness (QED) is 0.791. The van der Waals surface area contributed by atoms with Crippen LogP contribution in [0.25, 0.3) is 0 Å². The van der Waals surface area contributed by atoms with Gasteiger partial charge in [-0.2, -0.15) is 0 Å². The minimum absolute atomic E-state index is 0.103. The number of carboxylic acid groups (broad SMARTS) is 1. The van der Waals surface area contributed by atoms with E-state index >= 15 is 0 Å². The number of carbonyl (C=O) groups is 1. The SMILES string of the molecule is Nc1cc(Cl)c(Sc2ccccc2Br)c(C(=O)O)c1. The van der Waals surface area contributed by atoms with E-state index in [0.29, 0.717) is 15.6 Å². The van der Waals surface area contributed by atoms with Crippen LogP contribution in [0.5, 0.6) is 0 Å². The van der Waals surface area contributed by atoms with Gasteiger partial charge in [-0.15, -0.1) is 0 Å². The third kappa shape index (κ3) is 3.23. The van der Waals surface area contributed by atoms with Gasteiger partial charge >= 0.3 is 5.97 Å². The molecule has 0 aliphatic carbocycles. The molecule has 0 bridgehead atoms. The number of nitrogen functional groups attached to an aromatic ring is 1. The summed E-state index contributed by atoms with van der Waals surface area (Å²) in [5.41, 5.74) is 6.06. The van der Waals surface area contributed by atoms with Crippen LogP contribution in [0, 0.1) is 0 Å². The average Bonchev–Trinajstić information content (AvgIpc) is 2.34. The van der Waals surface area contributed by atoms with Gasteiger partial charge in [0, 0.05) is 20.0 Å². The topological polar surface area (TPSA) is 63.3 Å². The highest BCUT2D eigenvalue weighted by atomic mass is 79.9. The van der Waals surface area contributed by atoms with Crippen molar-refractivity contribution in [2.24, 2.45) is 0 Å². The van der Waals surface area contributed by atoms with Gasteiger partial charge in [-0.1, -0.05) is 35.5 Å². The van der Waals surface area contributed by atoms with Crippen LogP contribution >= 0.6 is 39.3 Å². The van der Waals surface area contributed by atoms with Crippen LogP contribution < -0.4 is 5.73 Å². The van der Waals surface area contributed by atoms with E-state index in [1.807, 2.05) is 24.3 Å². The Morgan fingerprint density at radius 2 is 2.00 bits per heavy atom. The molecule has 3 nitrogen and oxygen atoms in total. The molecule has 19 heavy (non-hydrogen) atoms. The third-order valence-corrected chi connectivity index (χ3v) is 4.93. The third-order valence-electron chi connectivity index (χ3n) is 2.35. The van der Waals surface area contributed by atoms with Crippen LogP contribution in [0.4, 0.5) is 5.69 Å². The normalized spacial score (nSPS) is 10.4. The Labute approximate surface area is 127 Å². The zero-order valence-electron chi connectivity index (χ0n) is 9.56. The summed E-state index contributed by atoms with van der Waals surface area (Å²) < 4.78 is 0.879. The van der Waals surface area contributed by atoms with Crippen molar-refractivity contribution in [1.82, 2.24) is 0 Å². The van der Waals surface area contributed by atoms with Gasteiger partial charge in [-0.25, -0.2) is 4.79 Å². The molecule has 0 heterocycles. The number of benzene rings is 2. The molecule has 0 radical (unpaired) electrons. The van der Waals surface area contributed by atoms with E-state index in [9.17, 15) is 9.90 Å². The number of hydrogen-bond acceptors (Lipinski definition) is 3. The zero-order valence-corrected chi connectivity index (χ0v) is 12.7. The fraction of sp³-hybridized carbons (Fsp3) is 0. The number of aromatic carboxylic acids is 1. The highest BCUT2D eigenvalue weighted by Crippen LogP contribution is 2.40. The first-order chi connectivity index (χ1) is 8.99. The van der Waals surface area contributed by atoms with Crippen molar-refractivity contribution in [2.75, 3.05) is 5.73 Å². The summed E-state index contributed by atoms with van der Waals surface area (Å²) in [5, 5.41) is 9.55. The lowest BCUT2D eigenvalue weighted by Gasteiger charge is -2.10. The molecule has 0 atom stereocenters. The van der Waals surface area contributed by atoms with Gasteiger partial charge in [0.15, 0.2) is 0 Å². The van der Waals surface area contributed by atoms with E-state index in [1.165, 1.54) is 17.8 Å². The molecule has 0 saturated carbocycles. The van der Waals surface area contributed by atoms with Crippen LogP contribution in [0.1, 0.15) is 10.4 Å². The van der Waals surface area contributed by atoms with Gasteiger partial charge in [-0.05, 0) is 40.2 Å². The second-order valence-corrected chi connectivity index (χ2v) is 6.03. The molecule has 0 spiro atoms. The van der Waals surface area contributed by atoms with E-state index in [2.05, 4.69) is 15.9 Å². The van der Waals surface area contributed by atoms with Gasteiger partial charge < -0.3 is 10.8 Å². The number of halogens is 2. The van der Waals surface area contributed by atoms with Gasteiger partial charge in [0.05, 0.1) is 10.6 Å². The van der Waals surface area contributed by atoms with Crippen molar-refractivity contribution in [1.29, 1.82) is 0 Å². The second-order valence-electron chi connectivity index (χ2n) is 3.72. The first-order valence-corrected chi connectivity index (χ1v) is 7.22. The Morgan fingerprint density at radius 1 is 1.32 bits per heavy atom. The summed E-state index contributed by atoms with van der Waals surface area (Å²) in [7, 11) is 0. The molecule has 3 N–H and O–H groups in total.